The van der Waals surface area contributed by atoms with Crippen molar-refractivity contribution in [3.05, 3.63) is 0 Å². The lowest BCUT2D eigenvalue weighted by atomic mass is 9.77. The van der Waals surface area contributed by atoms with Crippen LogP contribution in [0.3, 0.4) is 0 Å². The van der Waals surface area contributed by atoms with Crippen LogP contribution in [0.4, 0.5) is 26.3 Å². The summed E-state index contributed by atoms with van der Waals surface area (Å²) in [4.78, 5) is 25.0. The molecule has 7 aliphatic heterocycles. The molecule has 9 rings (SSSR count). The van der Waals surface area contributed by atoms with Gasteiger partial charge in [-0.05, 0) is 267 Å². The van der Waals surface area contributed by atoms with Gasteiger partial charge in [-0.3, -0.25) is 14.7 Å². The molecule has 12 nitrogen and oxygen atoms in total. The number of nitrogens with zero attached hydrogens (tertiary/aromatic N) is 10. The number of hydrogen-bond donors (Lipinski definition) is 0. The minimum absolute atomic E-state index is 0.216. The molecule has 18 heteroatoms. The van der Waals surface area contributed by atoms with Gasteiger partial charge in [0.1, 0.15) is 0 Å². The van der Waals surface area contributed by atoms with Crippen molar-refractivity contribution in [1.29, 1.82) is 0 Å². The second-order valence-corrected chi connectivity index (χ2v) is 44.8. The van der Waals surface area contributed by atoms with E-state index in [2.05, 4.69) is 250 Å². The smallest absolute Gasteiger partial charge is 0.379 e. The number of hydrogen-bond acceptors (Lipinski definition) is 12. The summed E-state index contributed by atoms with van der Waals surface area (Å²) in [6, 6.07) is 1.63. The van der Waals surface area contributed by atoms with Crippen molar-refractivity contribution < 1.29 is 35.8 Å². The first-order valence-electron chi connectivity index (χ1n) is 47.8. The van der Waals surface area contributed by atoms with E-state index in [9.17, 15) is 26.3 Å². The Kier molecular flexibility index (Phi) is 60.5. The number of likely N-dealkylation sites (N-methyl/N-ethyl adjacent to an activating group) is 1. The highest BCUT2D eigenvalue weighted by Crippen LogP contribution is 2.67. The molecule has 4 unspecified atom stereocenters. The number of alkyl halides is 6. The number of ether oxygens (including phenoxy) is 2. The summed E-state index contributed by atoms with van der Waals surface area (Å²) in [6.45, 7) is 103. The maximum absolute atomic E-state index is 12.4. The van der Waals surface area contributed by atoms with Crippen molar-refractivity contribution in [1.82, 2.24) is 49.0 Å². The second-order valence-electron chi connectivity index (χ2n) is 44.8. The Labute approximate surface area is 720 Å². The van der Waals surface area contributed by atoms with Gasteiger partial charge in [0.2, 0.25) is 0 Å². The topological polar surface area (TPSA) is 50.9 Å². The lowest BCUT2D eigenvalue weighted by Gasteiger charge is -2.40. The number of piperidine rings is 3. The molecule has 4 atom stereocenters. The lowest BCUT2D eigenvalue weighted by Crippen LogP contribution is -2.47. The molecule has 9 aliphatic rings. The fraction of sp³-hybridized carbons (Fsp3) is 1.00. The summed E-state index contributed by atoms with van der Waals surface area (Å²) in [6.07, 6.45) is 11.3. The monoisotopic (exact) mass is 1670 g/mol. The molecule has 7 heterocycles. The van der Waals surface area contributed by atoms with Gasteiger partial charge in [0.25, 0.3) is 0 Å². The van der Waals surface area contributed by atoms with Crippen molar-refractivity contribution in [3.8, 4) is 0 Å². The van der Waals surface area contributed by atoms with Crippen LogP contribution in [-0.2, 0) is 9.47 Å². The van der Waals surface area contributed by atoms with E-state index >= 15 is 0 Å². The van der Waals surface area contributed by atoms with Crippen molar-refractivity contribution >= 4 is 0 Å². The minimum atomic E-state index is -4.01. The first-order chi connectivity index (χ1) is 53.3. The Morgan fingerprint density at radius 1 is 0.397 bits per heavy atom. The van der Waals surface area contributed by atoms with Gasteiger partial charge in [-0.25, -0.2) is 0 Å². The zero-order chi connectivity index (χ0) is 89.7. The second kappa shape index (κ2) is 59.9. The molecule has 2 saturated carbocycles. The lowest BCUT2D eigenvalue weighted by molar-refractivity contribution is -0.215. The van der Waals surface area contributed by atoms with Crippen LogP contribution in [-0.4, -0.2) is 284 Å². The van der Waals surface area contributed by atoms with E-state index in [0.717, 1.165) is 92.9 Å². The molecule has 0 N–H and O–H groups in total. The summed E-state index contributed by atoms with van der Waals surface area (Å²) in [5, 5.41) is 0. The van der Waals surface area contributed by atoms with Crippen LogP contribution >= 0.6 is 0 Å². The highest BCUT2D eigenvalue weighted by atomic mass is 19.4. The summed E-state index contributed by atoms with van der Waals surface area (Å²) < 4.78 is 85.4. The normalized spacial score (nSPS) is 22.9. The van der Waals surface area contributed by atoms with Crippen molar-refractivity contribution in [2.24, 2.45) is 73.9 Å². The maximum Gasteiger partial charge on any atom is 0.395 e. The number of piperazine rings is 1. The fourth-order valence-electron chi connectivity index (χ4n) is 17.1. The summed E-state index contributed by atoms with van der Waals surface area (Å²) >= 11 is 0. The molecule has 0 spiro atoms. The van der Waals surface area contributed by atoms with Crippen LogP contribution in [0.25, 0.3) is 0 Å². The Balaban J connectivity index is 0. The quantitative estimate of drug-likeness (QED) is 0.109. The highest BCUT2D eigenvalue weighted by molar-refractivity contribution is 5.06. The van der Waals surface area contributed by atoms with Gasteiger partial charge in [0.15, 0.2) is 0 Å². The van der Waals surface area contributed by atoms with Crippen LogP contribution in [0, 0.1) is 73.9 Å². The standard InChI is InChI=1S/C11H23N.C10H22N2.C10H21NO.C10H21N.C9H15F3.C9H19NO.C9H19N.C8H13F3.C8H17N.C8H19N.C6H15N/c1-9(2)8-12-10(3)6-5-7-11(12)4;1-10(2,3)9-12-7-5-11(4)6-8-12;1-8(2)5-11-6-9(3)12-10(4)7-11;1-10(2,3)9-11-7-5-4-6-8-11;1-7(2,3)6-8(4-5-8)9(10,11)12;1-9(2)3-4-10-5-7-11-8-6-10;1-9(2)8-10-6-4-3-5-7-10;1-6(2,3)7(4-5-7)8(9,10)11;1-8(2)7-9-5-3-4-6-9;1-5-9(6-2)7-8(3)4;1-6(2)5-7(3)4/h9-11H,5-8H2,1-4H3;5-9H2,1-4H3;8-10H,5-7H2,1-4H3;4-9H2,1-3H3;4-6H2,1-3H3;9H,3-8H2,1-2H3;9H,3-8H2,1-2H3;4-5H2,1-3H3;8H,3-7H2,1-2H3;8H,5-7H2,1-4H3;6H,5H2,1-4H3. The van der Waals surface area contributed by atoms with Crippen LogP contribution in [0.2, 0.25) is 0 Å². The van der Waals surface area contributed by atoms with E-state index < -0.39 is 28.6 Å². The van der Waals surface area contributed by atoms with Gasteiger partial charge in [-0.15, -0.1) is 0 Å². The van der Waals surface area contributed by atoms with Gasteiger partial charge in [-0.2, -0.15) is 26.3 Å². The van der Waals surface area contributed by atoms with Crippen LogP contribution in [0.5, 0.6) is 0 Å². The zero-order valence-electron chi connectivity index (χ0n) is 84.0. The van der Waals surface area contributed by atoms with E-state index in [0.29, 0.717) is 48.7 Å². The molecule has 116 heavy (non-hydrogen) atoms. The largest absolute Gasteiger partial charge is 0.395 e. The Morgan fingerprint density at radius 2 is 0.767 bits per heavy atom. The SMILES string of the molecule is CC(C)(C)C1(C(F)(F)F)CC1.CC(C)(C)CC1(C(F)(F)F)CC1.CC(C)(C)CN1CCCCC1.CC(C)CCN1CCOCC1.CC(C)CN(C)C.CC(C)CN1C(C)CCCC1C.CC(C)CN1CC(C)OC(C)C1.CC(C)CN1CCCC1.CC(C)CN1CCCCC1.CCN(CC)CC(C)C.CN1CCN(CC(C)(C)C)CC1. The summed E-state index contributed by atoms with van der Waals surface area (Å²) in [5.41, 5.74) is -2.62. The third-order valence-electron chi connectivity index (χ3n) is 22.8. The van der Waals surface area contributed by atoms with E-state index in [-0.39, 0.29) is 11.8 Å². The molecule has 0 aromatic rings. The summed E-state index contributed by atoms with van der Waals surface area (Å²) in [5.74, 6) is 5.72. The maximum atomic E-state index is 12.4. The van der Waals surface area contributed by atoms with Gasteiger partial charge in [0, 0.05) is 110 Å². The number of halogens is 6. The van der Waals surface area contributed by atoms with E-state index in [1.807, 2.05) is 20.8 Å². The predicted molar refractivity (Wildman–Crippen MR) is 496 cm³/mol. The van der Waals surface area contributed by atoms with Crippen molar-refractivity contribution in [2.75, 3.05) is 198 Å². The first kappa shape index (κ1) is 117. The number of morpholine rings is 2. The Hall–Kier alpha value is -0.900. The zero-order valence-corrected chi connectivity index (χ0v) is 84.0. The molecule has 700 valence electrons. The van der Waals surface area contributed by atoms with Gasteiger partial charge in [0.05, 0.1) is 36.3 Å². The molecule has 0 aromatic heterocycles. The average molecular weight is 1670 g/mol. The molecule has 7 saturated heterocycles. The fourth-order valence-corrected chi connectivity index (χ4v) is 17.1. The average Bonchev–Trinajstić information content (AvgIpc) is 1.58. The van der Waals surface area contributed by atoms with Crippen molar-refractivity contribution in [3.63, 3.8) is 0 Å². The Bertz CT molecular complexity index is 2210. The third kappa shape index (κ3) is 61.4. The van der Waals surface area contributed by atoms with E-state index in [1.54, 1.807) is 20.8 Å². The van der Waals surface area contributed by atoms with E-state index in [1.165, 1.54) is 214 Å². The highest BCUT2D eigenvalue weighted by Gasteiger charge is 2.68. The third-order valence-corrected chi connectivity index (χ3v) is 22.8. The molecule has 0 radical (unpaired) electrons. The molecule has 0 bridgehead atoms. The number of rotatable bonds is 20. The Morgan fingerprint density at radius 3 is 1.03 bits per heavy atom. The van der Waals surface area contributed by atoms with Gasteiger partial charge >= 0.3 is 12.4 Å². The van der Waals surface area contributed by atoms with E-state index in [4.69, 9.17) is 9.47 Å². The van der Waals surface area contributed by atoms with Gasteiger partial charge < -0.3 is 43.8 Å². The molecular weight excluding hydrogens is 1460 g/mol. The molecular formula is C98H204F6N10O2. The van der Waals surface area contributed by atoms with Crippen LogP contribution in [0.1, 0.15) is 331 Å². The molecule has 0 amide bonds. The summed E-state index contributed by atoms with van der Waals surface area (Å²) in [7, 11) is 6.40. The number of likely N-dealkylation sites (tertiary alicyclic amines) is 4. The van der Waals surface area contributed by atoms with Crippen LogP contribution in [0.15, 0.2) is 0 Å². The van der Waals surface area contributed by atoms with Crippen molar-refractivity contribution in [2.45, 2.75) is 367 Å². The van der Waals surface area contributed by atoms with Gasteiger partial charge in [-0.1, -0.05) is 213 Å². The minimum Gasteiger partial charge on any atom is -0.379 e. The molecule has 2 aliphatic carbocycles. The first-order valence-corrected chi connectivity index (χ1v) is 47.8. The predicted octanol–water partition coefficient (Wildman–Crippen LogP) is 24.0. The van der Waals surface area contributed by atoms with Crippen LogP contribution < -0.4 is 0 Å². The molecule has 9 fully saturated rings. The molecule has 0 aromatic carbocycles.